The largest absolute Gasteiger partial charge is 0.478 e. The lowest BCUT2D eigenvalue weighted by Crippen LogP contribution is -2.32. The molecule has 1 rings (SSSR count). The minimum atomic E-state index is -0.948. The van der Waals surface area contributed by atoms with E-state index in [9.17, 15) is 9.59 Å². The van der Waals surface area contributed by atoms with Crippen LogP contribution in [0.5, 0.6) is 0 Å². The molecule has 0 radical (unpaired) electrons. The Kier molecular flexibility index (Phi) is 7.32. The van der Waals surface area contributed by atoms with Gasteiger partial charge in [0.15, 0.2) is 0 Å². The van der Waals surface area contributed by atoms with Gasteiger partial charge in [-0.25, -0.2) is 9.59 Å². The maximum Gasteiger partial charge on any atom is 0.407 e. The average Bonchev–Trinajstić information content (AvgIpc) is 2.44. The Balaban J connectivity index is 2.40. The third kappa shape index (κ3) is 8.66. The second-order valence-electron chi connectivity index (χ2n) is 6.26. The van der Waals surface area contributed by atoms with Gasteiger partial charge in [-0.3, -0.25) is 0 Å². The molecule has 0 bridgehead atoms. The van der Waals surface area contributed by atoms with Crippen molar-refractivity contribution in [2.45, 2.75) is 45.6 Å². The topological polar surface area (TPSA) is 75.6 Å². The molecule has 0 aliphatic rings. The van der Waals surface area contributed by atoms with Crippen molar-refractivity contribution in [1.29, 1.82) is 0 Å². The van der Waals surface area contributed by atoms with Crippen molar-refractivity contribution in [3.63, 3.8) is 0 Å². The lowest BCUT2D eigenvalue weighted by molar-refractivity contribution is -0.131. The van der Waals surface area contributed by atoms with E-state index in [2.05, 4.69) is 5.32 Å². The van der Waals surface area contributed by atoms with E-state index in [1.54, 1.807) is 0 Å². The summed E-state index contributed by atoms with van der Waals surface area (Å²) in [5, 5.41) is 11.7. The lowest BCUT2D eigenvalue weighted by Gasteiger charge is -2.19. The summed E-state index contributed by atoms with van der Waals surface area (Å²) >= 11 is 0. The van der Waals surface area contributed by atoms with Crippen LogP contribution in [0.25, 0.3) is 5.57 Å². The molecule has 5 heteroatoms. The molecular weight excluding hydrogens is 294 g/mol. The first-order chi connectivity index (χ1) is 10.8. The molecule has 0 aliphatic heterocycles. The molecule has 2 N–H and O–H groups in total. The van der Waals surface area contributed by atoms with Crippen molar-refractivity contribution >= 4 is 17.6 Å². The zero-order valence-corrected chi connectivity index (χ0v) is 14.0. The molecule has 0 atom stereocenters. The Labute approximate surface area is 137 Å². The number of allylic oxidation sites excluding steroid dienone is 1. The van der Waals surface area contributed by atoms with Crippen LogP contribution < -0.4 is 5.32 Å². The summed E-state index contributed by atoms with van der Waals surface area (Å²) in [6, 6.07) is 9.46. The molecule has 1 aromatic carbocycles. The number of carbonyl (C=O) groups excluding carboxylic acids is 1. The molecule has 126 valence electrons. The van der Waals surface area contributed by atoms with E-state index in [4.69, 9.17) is 9.84 Å². The molecule has 1 amide bonds. The summed E-state index contributed by atoms with van der Waals surface area (Å²) in [7, 11) is 0. The molecular formula is C18H25NO4. The Hall–Kier alpha value is -2.30. The van der Waals surface area contributed by atoms with Gasteiger partial charge in [0, 0.05) is 12.6 Å². The fourth-order valence-corrected chi connectivity index (χ4v) is 2.05. The van der Waals surface area contributed by atoms with Gasteiger partial charge in [0.1, 0.15) is 5.60 Å². The van der Waals surface area contributed by atoms with Crippen LogP contribution in [0, 0.1) is 0 Å². The van der Waals surface area contributed by atoms with Gasteiger partial charge in [-0.1, -0.05) is 30.3 Å². The molecule has 0 heterocycles. The fraction of sp³-hybridized carbons (Fsp3) is 0.444. The molecule has 0 aromatic heterocycles. The highest BCUT2D eigenvalue weighted by molar-refractivity contribution is 5.90. The first kappa shape index (κ1) is 18.7. The zero-order chi connectivity index (χ0) is 17.3. The summed E-state index contributed by atoms with van der Waals surface area (Å²) in [5.74, 6) is -0.948. The number of aliphatic carboxylic acids is 1. The van der Waals surface area contributed by atoms with Crippen LogP contribution in [-0.4, -0.2) is 29.3 Å². The highest BCUT2D eigenvalue weighted by Gasteiger charge is 2.15. The fourth-order valence-electron chi connectivity index (χ4n) is 2.05. The first-order valence-electron chi connectivity index (χ1n) is 7.74. The quantitative estimate of drug-likeness (QED) is 0.591. The average molecular weight is 319 g/mol. The number of nitrogens with one attached hydrogen (secondary N) is 1. The van der Waals surface area contributed by atoms with Crippen molar-refractivity contribution in [1.82, 2.24) is 5.32 Å². The molecule has 0 spiro atoms. The summed E-state index contributed by atoms with van der Waals surface area (Å²) in [6.45, 7) is 5.95. The number of ether oxygens (including phenoxy) is 1. The number of benzene rings is 1. The third-order valence-electron chi connectivity index (χ3n) is 2.98. The number of carbonyl (C=O) groups is 2. The van der Waals surface area contributed by atoms with Crippen molar-refractivity contribution in [2.24, 2.45) is 0 Å². The van der Waals surface area contributed by atoms with Gasteiger partial charge in [-0.2, -0.15) is 0 Å². The summed E-state index contributed by atoms with van der Waals surface area (Å²) in [4.78, 5) is 22.4. The van der Waals surface area contributed by atoms with Crippen molar-refractivity contribution in [2.75, 3.05) is 6.54 Å². The number of amides is 1. The highest BCUT2D eigenvalue weighted by Crippen LogP contribution is 2.20. The van der Waals surface area contributed by atoms with Gasteiger partial charge in [-0.15, -0.1) is 0 Å². The predicted octanol–water partition coefficient (Wildman–Crippen LogP) is 3.85. The van der Waals surface area contributed by atoms with Gasteiger partial charge >= 0.3 is 12.1 Å². The number of rotatable bonds is 7. The van der Waals surface area contributed by atoms with E-state index < -0.39 is 17.7 Å². The van der Waals surface area contributed by atoms with E-state index in [1.165, 1.54) is 6.08 Å². The van der Waals surface area contributed by atoms with Crippen LogP contribution in [-0.2, 0) is 9.53 Å². The standard InChI is InChI=1S/C18H25NO4/c1-18(2,3)23-17(22)19-12-8-7-11-15(13-16(20)21)14-9-5-4-6-10-14/h4-6,9-10,13H,7-8,11-12H2,1-3H3,(H,19,22)(H,20,21). The lowest BCUT2D eigenvalue weighted by atomic mass is 10.00. The first-order valence-corrected chi connectivity index (χ1v) is 7.74. The number of hydrogen-bond donors (Lipinski definition) is 2. The molecule has 0 saturated carbocycles. The molecule has 0 aliphatic carbocycles. The normalized spacial score (nSPS) is 11.9. The molecule has 0 fully saturated rings. The van der Waals surface area contributed by atoms with Crippen molar-refractivity contribution < 1.29 is 19.4 Å². The molecule has 1 aromatic rings. The van der Waals surface area contributed by atoms with Crippen LogP contribution in [0.4, 0.5) is 4.79 Å². The predicted molar refractivity (Wildman–Crippen MR) is 90.1 cm³/mol. The molecule has 0 saturated heterocycles. The molecule has 5 nitrogen and oxygen atoms in total. The smallest absolute Gasteiger partial charge is 0.407 e. The van der Waals surface area contributed by atoms with E-state index in [0.29, 0.717) is 13.0 Å². The maximum absolute atomic E-state index is 11.5. The minimum absolute atomic E-state index is 0.429. The highest BCUT2D eigenvalue weighted by atomic mass is 16.6. The van der Waals surface area contributed by atoms with Crippen LogP contribution >= 0.6 is 0 Å². The monoisotopic (exact) mass is 319 g/mol. The number of unbranched alkanes of at least 4 members (excludes halogenated alkanes) is 1. The maximum atomic E-state index is 11.5. The minimum Gasteiger partial charge on any atom is -0.478 e. The SMILES string of the molecule is CC(C)(C)OC(=O)NCCCCC(=CC(=O)O)c1ccccc1. The Morgan fingerprint density at radius 3 is 2.39 bits per heavy atom. The number of carboxylic acids is 1. The van der Waals surface area contributed by atoms with Crippen LogP contribution in [0.15, 0.2) is 36.4 Å². The number of carboxylic acid groups (broad SMARTS) is 1. The van der Waals surface area contributed by atoms with Gasteiger partial charge in [0.05, 0.1) is 0 Å². The van der Waals surface area contributed by atoms with Gasteiger partial charge in [-0.05, 0) is 51.2 Å². The van der Waals surface area contributed by atoms with Crippen molar-refractivity contribution in [3.05, 3.63) is 42.0 Å². The van der Waals surface area contributed by atoms with Gasteiger partial charge in [0.25, 0.3) is 0 Å². The van der Waals surface area contributed by atoms with E-state index in [1.807, 2.05) is 51.1 Å². The molecule has 0 unspecified atom stereocenters. The third-order valence-corrected chi connectivity index (χ3v) is 2.98. The number of alkyl carbamates (subject to hydrolysis) is 1. The Bertz CT molecular complexity index is 544. The van der Waals surface area contributed by atoms with Crippen LogP contribution in [0.1, 0.15) is 45.6 Å². The Morgan fingerprint density at radius 2 is 1.83 bits per heavy atom. The van der Waals surface area contributed by atoms with E-state index in [-0.39, 0.29) is 0 Å². The van der Waals surface area contributed by atoms with Gasteiger partial charge in [0.2, 0.25) is 0 Å². The van der Waals surface area contributed by atoms with Crippen LogP contribution in [0.2, 0.25) is 0 Å². The summed E-state index contributed by atoms with van der Waals surface area (Å²) in [6.07, 6.45) is 3.00. The second kappa shape index (κ2) is 8.98. The summed E-state index contributed by atoms with van der Waals surface area (Å²) < 4.78 is 5.15. The molecule has 23 heavy (non-hydrogen) atoms. The van der Waals surface area contributed by atoms with E-state index >= 15 is 0 Å². The van der Waals surface area contributed by atoms with E-state index in [0.717, 1.165) is 24.0 Å². The van der Waals surface area contributed by atoms with Gasteiger partial charge < -0.3 is 15.2 Å². The van der Waals surface area contributed by atoms with Crippen LogP contribution in [0.3, 0.4) is 0 Å². The van der Waals surface area contributed by atoms with Crippen molar-refractivity contribution in [3.8, 4) is 0 Å². The zero-order valence-electron chi connectivity index (χ0n) is 14.0. The number of hydrogen-bond acceptors (Lipinski definition) is 3. The Morgan fingerprint density at radius 1 is 1.17 bits per heavy atom. The summed E-state index contributed by atoms with van der Waals surface area (Å²) in [5.41, 5.74) is 1.19. The second-order valence-corrected chi connectivity index (χ2v) is 6.26.